The maximum Gasteiger partial charge on any atom is 0.216 e. The van der Waals surface area contributed by atoms with Crippen molar-refractivity contribution in [1.29, 1.82) is 0 Å². The highest BCUT2D eigenvalue weighted by molar-refractivity contribution is 5.72. The number of amides is 1. The van der Waals surface area contributed by atoms with Gasteiger partial charge < -0.3 is 10.2 Å². The molecule has 0 aromatic rings. The second-order valence-electron chi connectivity index (χ2n) is 3.35. The van der Waals surface area contributed by atoms with E-state index in [9.17, 15) is 4.79 Å². The molecule has 0 radical (unpaired) electrons. The first-order chi connectivity index (χ1) is 5.18. The Balaban J connectivity index is 2.13. The van der Waals surface area contributed by atoms with Crippen LogP contribution in [0, 0.1) is 5.92 Å². The third kappa shape index (κ3) is 2.89. The molecule has 64 valence electrons. The van der Waals surface area contributed by atoms with Crippen LogP contribution in [0.25, 0.3) is 0 Å². The van der Waals surface area contributed by atoms with E-state index in [1.54, 1.807) is 6.92 Å². The van der Waals surface area contributed by atoms with E-state index in [0.717, 1.165) is 13.1 Å². The van der Waals surface area contributed by atoms with Crippen molar-refractivity contribution in [2.45, 2.75) is 13.3 Å². The number of nitrogens with zero attached hydrogens (tertiary/aromatic N) is 1. The van der Waals surface area contributed by atoms with Crippen LogP contribution < -0.4 is 5.32 Å². The molecule has 0 unspecified atom stereocenters. The summed E-state index contributed by atoms with van der Waals surface area (Å²) in [5, 5.41) is 2.84. The first-order valence-corrected chi connectivity index (χ1v) is 4.11. The summed E-state index contributed by atoms with van der Waals surface area (Å²) in [6.07, 6.45) is 1.22. The maximum absolute atomic E-state index is 10.6. The normalized spacial score (nSPS) is 25.5. The summed E-state index contributed by atoms with van der Waals surface area (Å²) < 4.78 is 0. The van der Waals surface area contributed by atoms with E-state index >= 15 is 0 Å². The van der Waals surface area contributed by atoms with Crippen molar-refractivity contribution in [2.24, 2.45) is 5.92 Å². The average molecular weight is 156 g/mol. The van der Waals surface area contributed by atoms with E-state index < -0.39 is 0 Å². The highest BCUT2D eigenvalue weighted by Crippen LogP contribution is 2.12. The van der Waals surface area contributed by atoms with Crippen LogP contribution in [0.3, 0.4) is 0 Å². The summed E-state index contributed by atoms with van der Waals surface area (Å²) >= 11 is 0. The van der Waals surface area contributed by atoms with Gasteiger partial charge in [0, 0.05) is 20.0 Å². The van der Waals surface area contributed by atoms with E-state index in [2.05, 4.69) is 17.3 Å². The number of likely N-dealkylation sites (tertiary alicyclic amines) is 1. The Bertz CT molecular complexity index is 147. The highest BCUT2D eigenvalue weighted by Gasteiger charge is 2.18. The van der Waals surface area contributed by atoms with Crippen LogP contribution in [0.2, 0.25) is 0 Å². The van der Waals surface area contributed by atoms with Crippen LogP contribution in [0.1, 0.15) is 13.3 Å². The molecule has 1 atom stereocenters. The zero-order valence-electron chi connectivity index (χ0n) is 7.26. The Kier molecular flexibility index (Phi) is 2.88. The first-order valence-electron chi connectivity index (χ1n) is 4.11. The van der Waals surface area contributed by atoms with E-state index in [-0.39, 0.29) is 5.91 Å². The summed E-state index contributed by atoms with van der Waals surface area (Å²) in [5.74, 6) is 0.753. The zero-order valence-corrected chi connectivity index (χ0v) is 7.26. The molecule has 1 saturated heterocycles. The predicted molar refractivity (Wildman–Crippen MR) is 44.3 cm³/mol. The van der Waals surface area contributed by atoms with Crippen molar-refractivity contribution in [3.05, 3.63) is 0 Å². The minimum Gasteiger partial charge on any atom is -0.356 e. The molecule has 1 aliphatic heterocycles. The molecule has 1 fully saturated rings. The van der Waals surface area contributed by atoms with Crippen LogP contribution in [0.5, 0.6) is 0 Å². The summed E-state index contributed by atoms with van der Waals surface area (Å²) in [4.78, 5) is 12.9. The topological polar surface area (TPSA) is 32.3 Å². The minimum absolute atomic E-state index is 0.0829. The molecule has 0 saturated carbocycles. The molecular formula is C8H16N2O. The maximum atomic E-state index is 10.6. The summed E-state index contributed by atoms with van der Waals surface area (Å²) in [7, 11) is 2.12. The summed E-state index contributed by atoms with van der Waals surface area (Å²) in [5.41, 5.74) is 0. The molecule has 3 nitrogen and oxygen atoms in total. The number of rotatable bonds is 2. The molecule has 1 aliphatic rings. The van der Waals surface area contributed by atoms with Crippen LogP contribution in [0.15, 0.2) is 0 Å². The zero-order chi connectivity index (χ0) is 8.27. The Hall–Kier alpha value is -0.570. The number of hydrogen-bond acceptors (Lipinski definition) is 2. The lowest BCUT2D eigenvalue weighted by Crippen LogP contribution is -2.28. The van der Waals surface area contributed by atoms with Crippen LogP contribution >= 0.6 is 0 Å². The molecule has 1 N–H and O–H groups in total. The van der Waals surface area contributed by atoms with Gasteiger partial charge in [-0.25, -0.2) is 0 Å². The van der Waals surface area contributed by atoms with Crippen molar-refractivity contribution in [3.8, 4) is 0 Å². The minimum atomic E-state index is 0.0829. The van der Waals surface area contributed by atoms with Gasteiger partial charge in [-0.2, -0.15) is 0 Å². The lowest BCUT2D eigenvalue weighted by molar-refractivity contribution is -0.119. The van der Waals surface area contributed by atoms with Crippen molar-refractivity contribution in [1.82, 2.24) is 10.2 Å². The lowest BCUT2D eigenvalue weighted by Gasteiger charge is -2.09. The molecule has 0 spiro atoms. The SMILES string of the molecule is CC(=O)NC[C@@H]1CCN(C)C1. The molecule has 3 heteroatoms. The van der Waals surface area contributed by atoms with Gasteiger partial charge in [0.1, 0.15) is 0 Å². The Morgan fingerprint density at radius 3 is 2.91 bits per heavy atom. The molecule has 1 heterocycles. The van der Waals surface area contributed by atoms with Gasteiger partial charge in [-0.15, -0.1) is 0 Å². The van der Waals surface area contributed by atoms with Gasteiger partial charge in [0.25, 0.3) is 0 Å². The monoisotopic (exact) mass is 156 g/mol. The molecule has 0 aliphatic carbocycles. The highest BCUT2D eigenvalue weighted by atomic mass is 16.1. The molecule has 0 bridgehead atoms. The third-order valence-corrected chi connectivity index (χ3v) is 2.13. The van der Waals surface area contributed by atoms with Crippen molar-refractivity contribution < 1.29 is 4.79 Å². The largest absolute Gasteiger partial charge is 0.356 e. The summed E-state index contributed by atoms with van der Waals surface area (Å²) in [6.45, 7) is 4.71. The second kappa shape index (κ2) is 3.72. The van der Waals surface area contributed by atoms with Gasteiger partial charge in [-0.3, -0.25) is 4.79 Å². The van der Waals surface area contributed by atoms with Gasteiger partial charge in [0.15, 0.2) is 0 Å². The molecular weight excluding hydrogens is 140 g/mol. The van der Waals surface area contributed by atoms with Gasteiger partial charge in [0.05, 0.1) is 0 Å². The van der Waals surface area contributed by atoms with Crippen LogP contribution in [-0.2, 0) is 4.79 Å². The Morgan fingerprint density at radius 1 is 1.73 bits per heavy atom. The van der Waals surface area contributed by atoms with E-state index in [0.29, 0.717) is 5.92 Å². The fraction of sp³-hybridized carbons (Fsp3) is 0.875. The van der Waals surface area contributed by atoms with Crippen molar-refractivity contribution >= 4 is 5.91 Å². The van der Waals surface area contributed by atoms with Gasteiger partial charge in [-0.1, -0.05) is 0 Å². The average Bonchev–Trinajstić information content (AvgIpc) is 2.31. The fourth-order valence-electron chi connectivity index (χ4n) is 1.48. The smallest absolute Gasteiger partial charge is 0.216 e. The molecule has 11 heavy (non-hydrogen) atoms. The molecule has 1 amide bonds. The van der Waals surface area contributed by atoms with Crippen LogP contribution in [0.4, 0.5) is 0 Å². The number of carbonyl (C=O) groups excluding carboxylic acids is 1. The van der Waals surface area contributed by atoms with Gasteiger partial charge in [0.2, 0.25) is 5.91 Å². The number of nitrogens with one attached hydrogen (secondary N) is 1. The van der Waals surface area contributed by atoms with Crippen molar-refractivity contribution in [2.75, 3.05) is 26.7 Å². The Morgan fingerprint density at radius 2 is 2.45 bits per heavy atom. The number of hydrogen-bond donors (Lipinski definition) is 1. The van der Waals surface area contributed by atoms with E-state index in [1.807, 2.05) is 0 Å². The second-order valence-corrected chi connectivity index (χ2v) is 3.35. The molecule has 1 rings (SSSR count). The van der Waals surface area contributed by atoms with E-state index in [4.69, 9.17) is 0 Å². The van der Waals surface area contributed by atoms with Gasteiger partial charge >= 0.3 is 0 Å². The lowest BCUT2D eigenvalue weighted by atomic mass is 10.1. The Labute approximate surface area is 67.8 Å². The van der Waals surface area contributed by atoms with Crippen molar-refractivity contribution in [3.63, 3.8) is 0 Å². The quantitative estimate of drug-likeness (QED) is 0.614. The van der Waals surface area contributed by atoms with E-state index in [1.165, 1.54) is 13.0 Å². The predicted octanol–water partition coefficient (Wildman–Crippen LogP) is 0.0742. The first kappa shape index (κ1) is 8.53. The van der Waals surface area contributed by atoms with Crippen LogP contribution in [-0.4, -0.2) is 37.5 Å². The molecule has 0 aromatic carbocycles. The third-order valence-electron chi connectivity index (χ3n) is 2.13. The number of carbonyl (C=O) groups is 1. The summed E-state index contributed by atoms with van der Waals surface area (Å²) in [6, 6.07) is 0. The molecule has 0 aromatic heterocycles. The fourth-order valence-corrected chi connectivity index (χ4v) is 1.48. The standard InChI is InChI=1S/C8H16N2O/c1-7(11)9-5-8-3-4-10(2)6-8/h8H,3-6H2,1-2H3,(H,9,11)/t8-/m0/s1. The van der Waals surface area contributed by atoms with Gasteiger partial charge in [-0.05, 0) is 25.9 Å².